The zero-order valence-corrected chi connectivity index (χ0v) is 20.1. The summed E-state index contributed by atoms with van der Waals surface area (Å²) < 4.78 is 0. The Morgan fingerprint density at radius 1 is 0.900 bits per heavy atom. The van der Waals surface area contributed by atoms with Crippen LogP contribution in [0.3, 0.4) is 0 Å². The van der Waals surface area contributed by atoms with Gasteiger partial charge in [-0.05, 0) is 78.4 Å². The predicted molar refractivity (Wildman–Crippen MR) is 125 cm³/mol. The number of fused-ring (bicyclic) bond motifs is 5. The molecule has 7 atom stereocenters. The molecular weight excluding hydrogens is 368 g/mol. The Labute approximate surface area is 184 Å². The lowest BCUT2D eigenvalue weighted by Gasteiger charge is -2.55. The smallest absolute Gasteiger partial charge is 0.166 e. The SMILES string of the molecule is CC(C)[C@@H](C)C=C[C@@H](C)[C@H]1CC[C@H]2C3=CC=C4CC(O)(O)CC[C@]4(C)[C@H]3CC[C@]12C. The highest BCUT2D eigenvalue weighted by Gasteiger charge is 2.57. The summed E-state index contributed by atoms with van der Waals surface area (Å²) in [5.74, 6) is 2.55. The van der Waals surface area contributed by atoms with Crippen LogP contribution in [-0.4, -0.2) is 16.0 Å². The van der Waals surface area contributed by atoms with E-state index in [1.807, 2.05) is 0 Å². The van der Waals surface area contributed by atoms with Crippen molar-refractivity contribution in [1.82, 2.24) is 0 Å². The third-order valence-electron chi connectivity index (χ3n) is 10.1. The lowest BCUT2D eigenvalue weighted by molar-refractivity contribution is -0.183. The Bertz CT molecular complexity index is 757. The largest absolute Gasteiger partial charge is 0.365 e. The van der Waals surface area contributed by atoms with E-state index in [9.17, 15) is 10.2 Å². The van der Waals surface area contributed by atoms with Crippen LogP contribution < -0.4 is 0 Å². The van der Waals surface area contributed by atoms with Crippen molar-refractivity contribution in [3.05, 3.63) is 35.5 Å². The molecule has 0 unspecified atom stereocenters. The van der Waals surface area contributed by atoms with E-state index in [2.05, 4.69) is 65.8 Å². The van der Waals surface area contributed by atoms with Gasteiger partial charge in [0, 0.05) is 12.8 Å². The Hall–Kier alpha value is -0.860. The van der Waals surface area contributed by atoms with Gasteiger partial charge < -0.3 is 10.2 Å². The number of allylic oxidation sites excluding steroid dienone is 5. The maximum absolute atomic E-state index is 10.2. The van der Waals surface area contributed by atoms with Gasteiger partial charge in [-0.25, -0.2) is 0 Å². The van der Waals surface area contributed by atoms with E-state index in [-0.39, 0.29) is 5.41 Å². The minimum absolute atomic E-state index is 0.122. The van der Waals surface area contributed by atoms with Crippen LogP contribution in [0, 0.1) is 46.3 Å². The minimum Gasteiger partial charge on any atom is -0.365 e. The summed E-state index contributed by atoms with van der Waals surface area (Å²) in [6.45, 7) is 14.4. The second-order valence-electron chi connectivity index (χ2n) is 12.1. The Morgan fingerprint density at radius 2 is 1.63 bits per heavy atom. The van der Waals surface area contributed by atoms with Crippen LogP contribution in [0.5, 0.6) is 0 Å². The summed E-state index contributed by atoms with van der Waals surface area (Å²) in [5, 5.41) is 20.4. The highest BCUT2D eigenvalue weighted by atomic mass is 16.5. The van der Waals surface area contributed by atoms with Gasteiger partial charge in [0.25, 0.3) is 0 Å². The molecule has 3 fully saturated rings. The molecule has 0 aromatic carbocycles. The monoisotopic (exact) mass is 412 g/mol. The van der Waals surface area contributed by atoms with Gasteiger partial charge in [0.2, 0.25) is 0 Å². The molecule has 0 radical (unpaired) electrons. The van der Waals surface area contributed by atoms with Crippen molar-refractivity contribution in [2.75, 3.05) is 0 Å². The molecule has 0 spiro atoms. The van der Waals surface area contributed by atoms with E-state index in [0.717, 1.165) is 12.3 Å². The molecule has 30 heavy (non-hydrogen) atoms. The first-order valence-electron chi connectivity index (χ1n) is 12.5. The summed E-state index contributed by atoms with van der Waals surface area (Å²) >= 11 is 0. The summed E-state index contributed by atoms with van der Waals surface area (Å²) in [6, 6.07) is 0. The van der Waals surface area contributed by atoms with Crippen LogP contribution in [0.2, 0.25) is 0 Å². The molecule has 0 amide bonds. The number of aliphatic hydroxyl groups is 2. The van der Waals surface area contributed by atoms with E-state index >= 15 is 0 Å². The maximum atomic E-state index is 10.2. The van der Waals surface area contributed by atoms with Crippen molar-refractivity contribution in [1.29, 1.82) is 0 Å². The van der Waals surface area contributed by atoms with Gasteiger partial charge in [0.05, 0.1) is 0 Å². The summed E-state index contributed by atoms with van der Waals surface area (Å²) in [5.41, 5.74) is 3.48. The van der Waals surface area contributed by atoms with Gasteiger partial charge >= 0.3 is 0 Å². The van der Waals surface area contributed by atoms with E-state index in [4.69, 9.17) is 0 Å². The fourth-order valence-electron chi connectivity index (χ4n) is 7.58. The van der Waals surface area contributed by atoms with Crippen molar-refractivity contribution in [2.24, 2.45) is 46.3 Å². The molecule has 2 N–H and O–H groups in total. The van der Waals surface area contributed by atoms with Gasteiger partial charge in [-0.1, -0.05) is 77.0 Å². The van der Waals surface area contributed by atoms with Crippen LogP contribution in [0.1, 0.15) is 86.5 Å². The molecule has 0 aromatic rings. The van der Waals surface area contributed by atoms with Crippen molar-refractivity contribution in [2.45, 2.75) is 92.3 Å². The van der Waals surface area contributed by atoms with E-state index in [1.165, 1.54) is 31.3 Å². The fourth-order valence-corrected chi connectivity index (χ4v) is 7.58. The Morgan fingerprint density at radius 3 is 2.33 bits per heavy atom. The number of hydrogen-bond donors (Lipinski definition) is 2. The first kappa shape index (κ1) is 22.3. The molecule has 0 aliphatic heterocycles. The first-order chi connectivity index (χ1) is 14.0. The number of rotatable bonds is 4. The molecule has 4 aliphatic rings. The zero-order chi connectivity index (χ0) is 21.9. The van der Waals surface area contributed by atoms with E-state index < -0.39 is 5.79 Å². The van der Waals surface area contributed by atoms with Crippen molar-refractivity contribution in [3.63, 3.8) is 0 Å². The second-order valence-corrected chi connectivity index (χ2v) is 12.1. The summed E-state index contributed by atoms with van der Waals surface area (Å²) in [4.78, 5) is 0. The molecular formula is C28H44O2. The third kappa shape index (κ3) is 3.56. The Kier molecular flexibility index (Phi) is 5.68. The molecule has 3 saturated carbocycles. The van der Waals surface area contributed by atoms with Crippen LogP contribution in [0.4, 0.5) is 0 Å². The fraction of sp³-hybridized carbons (Fsp3) is 0.786. The standard InChI is InChI=1S/C28H44O2/c1-18(2)19(3)7-8-20(4)23-11-12-24-22-10-9-21-17-28(29,30)16-15-26(21,5)25(22)13-14-27(23,24)6/h7-10,18-20,23-25,29-30H,11-17H2,1-6H3/t19-,20+,23+,24-,25-,26-,27+/m0/s1. The number of hydrogen-bond acceptors (Lipinski definition) is 2. The molecule has 0 aromatic heterocycles. The van der Waals surface area contributed by atoms with Crippen LogP contribution in [-0.2, 0) is 0 Å². The molecule has 4 rings (SSSR count). The lowest BCUT2D eigenvalue weighted by Crippen LogP contribution is -2.48. The van der Waals surface area contributed by atoms with Crippen LogP contribution >= 0.6 is 0 Å². The van der Waals surface area contributed by atoms with Gasteiger partial charge in [0.15, 0.2) is 5.79 Å². The van der Waals surface area contributed by atoms with Gasteiger partial charge in [0.1, 0.15) is 0 Å². The van der Waals surface area contributed by atoms with Crippen LogP contribution in [0.15, 0.2) is 35.5 Å². The zero-order valence-electron chi connectivity index (χ0n) is 20.1. The average molecular weight is 413 g/mol. The highest BCUT2D eigenvalue weighted by molar-refractivity contribution is 5.39. The first-order valence-corrected chi connectivity index (χ1v) is 12.5. The van der Waals surface area contributed by atoms with Gasteiger partial charge in [-0.2, -0.15) is 0 Å². The predicted octanol–water partition coefficient (Wildman–Crippen LogP) is 6.65. The Balaban J connectivity index is 1.58. The van der Waals surface area contributed by atoms with Crippen LogP contribution in [0.25, 0.3) is 0 Å². The molecule has 4 aliphatic carbocycles. The van der Waals surface area contributed by atoms with E-state index in [0.29, 0.717) is 47.8 Å². The summed E-state index contributed by atoms with van der Waals surface area (Å²) in [7, 11) is 0. The third-order valence-corrected chi connectivity index (χ3v) is 10.1. The van der Waals surface area contributed by atoms with Gasteiger partial charge in [-0.15, -0.1) is 0 Å². The minimum atomic E-state index is -1.51. The van der Waals surface area contributed by atoms with E-state index in [1.54, 1.807) is 5.57 Å². The highest BCUT2D eigenvalue weighted by Crippen LogP contribution is 2.66. The molecule has 0 saturated heterocycles. The molecule has 2 nitrogen and oxygen atoms in total. The molecule has 2 heteroatoms. The van der Waals surface area contributed by atoms with Crippen molar-refractivity contribution in [3.8, 4) is 0 Å². The molecule has 0 heterocycles. The van der Waals surface area contributed by atoms with Crippen molar-refractivity contribution < 1.29 is 10.2 Å². The second kappa shape index (κ2) is 7.62. The summed E-state index contributed by atoms with van der Waals surface area (Å²) in [6.07, 6.45) is 16.7. The van der Waals surface area contributed by atoms with Crippen molar-refractivity contribution >= 4 is 0 Å². The average Bonchev–Trinajstić information content (AvgIpc) is 3.03. The topological polar surface area (TPSA) is 40.5 Å². The van der Waals surface area contributed by atoms with Gasteiger partial charge in [-0.3, -0.25) is 0 Å². The molecule has 0 bridgehead atoms. The maximum Gasteiger partial charge on any atom is 0.166 e. The quantitative estimate of drug-likeness (QED) is 0.401. The normalized spacial score (nSPS) is 42.2. The lowest BCUT2D eigenvalue weighted by atomic mass is 9.50. The molecule has 168 valence electrons.